The van der Waals surface area contributed by atoms with Crippen LogP contribution in [0.5, 0.6) is 11.5 Å². The van der Waals surface area contributed by atoms with Crippen LogP contribution in [0.2, 0.25) is 0 Å². The fourth-order valence-electron chi connectivity index (χ4n) is 1.89. The molecule has 0 aliphatic heterocycles. The number of ether oxygens (including phenoxy) is 1. The number of amides is 2. The monoisotopic (exact) mass is 301 g/mol. The van der Waals surface area contributed by atoms with Crippen LogP contribution >= 0.6 is 0 Å². The quantitative estimate of drug-likeness (QED) is 0.618. The number of aromatic hydroxyl groups is 1. The molecule has 0 saturated heterocycles. The minimum Gasteiger partial charge on any atom is -0.504 e. The molecule has 0 saturated carbocycles. The van der Waals surface area contributed by atoms with E-state index < -0.39 is 0 Å². The number of hydrazine groups is 1. The van der Waals surface area contributed by atoms with Gasteiger partial charge in [-0.15, -0.1) is 0 Å². The Morgan fingerprint density at radius 1 is 1.14 bits per heavy atom. The van der Waals surface area contributed by atoms with Crippen LogP contribution < -0.4 is 20.9 Å². The Morgan fingerprint density at radius 2 is 1.91 bits per heavy atom. The van der Waals surface area contributed by atoms with E-state index in [0.29, 0.717) is 23.6 Å². The predicted molar refractivity (Wildman–Crippen MR) is 84.7 cm³/mol. The number of hydrogen-bond donors (Lipinski definition) is 4. The molecule has 116 valence electrons. The highest BCUT2D eigenvalue weighted by atomic mass is 16.5. The highest BCUT2D eigenvalue weighted by Crippen LogP contribution is 2.29. The summed E-state index contributed by atoms with van der Waals surface area (Å²) in [4.78, 5) is 11.7. The molecule has 0 spiro atoms. The van der Waals surface area contributed by atoms with E-state index in [-0.39, 0.29) is 18.3 Å². The predicted octanol–water partition coefficient (Wildman–Crippen LogP) is 2.62. The smallest absolute Gasteiger partial charge is 0.333 e. The zero-order chi connectivity index (χ0) is 15.8. The zero-order valence-corrected chi connectivity index (χ0v) is 12.3. The maximum absolute atomic E-state index is 11.7. The van der Waals surface area contributed by atoms with E-state index >= 15 is 0 Å². The molecular weight excluding hydrogens is 282 g/mol. The SMILES string of the molecule is CCOc1cccc(CNNC(=O)Nc2ccccc2)c1O. The second kappa shape index (κ2) is 7.90. The van der Waals surface area contributed by atoms with Crippen molar-refractivity contribution in [1.82, 2.24) is 10.9 Å². The van der Waals surface area contributed by atoms with Crippen LogP contribution in [0.3, 0.4) is 0 Å². The maximum atomic E-state index is 11.7. The molecule has 2 aromatic rings. The first-order valence-electron chi connectivity index (χ1n) is 6.99. The number of hydrogen-bond acceptors (Lipinski definition) is 4. The molecule has 2 rings (SSSR count). The van der Waals surface area contributed by atoms with Gasteiger partial charge in [-0.2, -0.15) is 0 Å². The number of anilines is 1. The van der Waals surface area contributed by atoms with Crippen molar-refractivity contribution in [2.45, 2.75) is 13.5 Å². The van der Waals surface area contributed by atoms with Crippen LogP contribution in [0.15, 0.2) is 48.5 Å². The fraction of sp³-hybridized carbons (Fsp3) is 0.188. The van der Waals surface area contributed by atoms with Crippen LogP contribution in [0.4, 0.5) is 10.5 Å². The number of rotatable bonds is 6. The fourth-order valence-corrected chi connectivity index (χ4v) is 1.89. The lowest BCUT2D eigenvalue weighted by Gasteiger charge is -2.12. The number of phenols is 1. The molecule has 0 radical (unpaired) electrons. The summed E-state index contributed by atoms with van der Waals surface area (Å²) >= 11 is 0. The van der Waals surface area contributed by atoms with E-state index in [1.54, 1.807) is 30.3 Å². The molecule has 0 heterocycles. The van der Waals surface area contributed by atoms with Gasteiger partial charge in [-0.3, -0.25) is 5.43 Å². The molecule has 0 atom stereocenters. The first kappa shape index (κ1) is 15.7. The van der Waals surface area contributed by atoms with Gasteiger partial charge in [0.15, 0.2) is 11.5 Å². The molecule has 0 fully saturated rings. The molecule has 0 aromatic heterocycles. The standard InChI is InChI=1S/C16H19N3O3/c1-2-22-14-10-6-7-12(15(14)20)11-17-19-16(21)18-13-8-4-3-5-9-13/h3-10,17,20H,2,11H2,1H3,(H2,18,19,21). The summed E-state index contributed by atoms with van der Waals surface area (Å²) in [6.07, 6.45) is 0. The van der Waals surface area contributed by atoms with Crippen molar-refractivity contribution in [3.8, 4) is 11.5 Å². The first-order valence-corrected chi connectivity index (χ1v) is 6.99. The summed E-state index contributed by atoms with van der Waals surface area (Å²) in [5.74, 6) is 0.498. The normalized spacial score (nSPS) is 10.0. The molecule has 0 unspecified atom stereocenters. The van der Waals surface area contributed by atoms with Crippen molar-refractivity contribution in [3.05, 3.63) is 54.1 Å². The third-order valence-corrected chi connectivity index (χ3v) is 2.89. The van der Waals surface area contributed by atoms with Crippen molar-refractivity contribution in [3.63, 3.8) is 0 Å². The van der Waals surface area contributed by atoms with Crippen LogP contribution in [0.1, 0.15) is 12.5 Å². The van der Waals surface area contributed by atoms with Crippen LogP contribution in [0.25, 0.3) is 0 Å². The summed E-state index contributed by atoms with van der Waals surface area (Å²) in [6, 6.07) is 14.0. The average molecular weight is 301 g/mol. The molecule has 22 heavy (non-hydrogen) atoms. The molecule has 6 nitrogen and oxygen atoms in total. The van der Waals surface area contributed by atoms with Crippen molar-refractivity contribution >= 4 is 11.7 Å². The van der Waals surface area contributed by atoms with Gasteiger partial charge in [-0.05, 0) is 25.1 Å². The second-order valence-corrected chi connectivity index (χ2v) is 4.50. The van der Waals surface area contributed by atoms with Gasteiger partial charge in [0.1, 0.15) is 0 Å². The third-order valence-electron chi connectivity index (χ3n) is 2.89. The minimum atomic E-state index is -0.383. The van der Waals surface area contributed by atoms with Crippen molar-refractivity contribution in [1.29, 1.82) is 0 Å². The molecule has 0 bridgehead atoms. The lowest BCUT2D eigenvalue weighted by molar-refractivity contribution is 0.247. The molecule has 2 amide bonds. The van der Waals surface area contributed by atoms with Crippen LogP contribution in [-0.2, 0) is 6.54 Å². The van der Waals surface area contributed by atoms with E-state index in [9.17, 15) is 9.90 Å². The van der Waals surface area contributed by atoms with Crippen LogP contribution in [-0.4, -0.2) is 17.7 Å². The van der Waals surface area contributed by atoms with Gasteiger partial charge in [0.25, 0.3) is 0 Å². The summed E-state index contributed by atoms with van der Waals surface area (Å²) in [7, 11) is 0. The molecule has 0 aliphatic carbocycles. The van der Waals surface area contributed by atoms with Gasteiger partial charge < -0.3 is 15.2 Å². The van der Waals surface area contributed by atoms with Gasteiger partial charge in [0.05, 0.1) is 6.61 Å². The molecule has 6 heteroatoms. The largest absolute Gasteiger partial charge is 0.504 e. The highest BCUT2D eigenvalue weighted by molar-refractivity contribution is 5.88. The van der Waals surface area contributed by atoms with E-state index in [2.05, 4.69) is 16.2 Å². The van der Waals surface area contributed by atoms with E-state index in [1.807, 2.05) is 25.1 Å². The Kier molecular flexibility index (Phi) is 5.62. The zero-order valence-electron chi connectivity index (χ0n) is 12.3. The summed E-state index contributed by atoms with van der Waals surface area (Å²) in [6.45, 7) is 2.59. The van der Waals surface area contributed by atoms with E-state index in [0.717, 1.165) is 0 Å². The van der Waals surface area contributed by atoms with Crippen LogP contribution in [0, 0.1) is 0 Å². The summed E-state index contributed by atoms with van der Waals surface area (Å²) < 4.78 is 5.31. The number of para-hydroxylation sites is 2. The highest BCUT2D eigenvalue weighted by Gasteiger charge is 2.08. The molecule has 0 aliphatic rings. The lowest BCUT2D eigenvalue weighted by Crippen LogP contribution is -2.39. The number of carbonyl (C=O) groups excluding carboxylic acids is 1. The van der Waals surface area contributed by atoms with Crippen molar-refractivity contribution in [2.75, 3.05) is 11.9 Å². The van der Waals surface area contributed by atoms with Gasteiger partial charge in [0.2, 0.25) is 0 Å². The lowest BCUT2D eigenvalue weighted by atomic mass is 10.2. The minimum absolute atomic E-state index is 0.0714. The Bertz CT molecular complexity index is 617. The Labute approximate surface area is 129 Å². The topological polar surface area (TPSA) is 82.6 Å². The summed E-state index contributed by atoms with van der Waals surface area (Å²) in [5.41, 5.74) is 6.59. The maximum Gasteiger partial charge on any atom is 0.333 e. The van der Waals surface area contributed by atoms with Gasteiger partial charge in [0, 0.05) is 17.8 Å². The molecule has 2 aromatic carbocycles. The van der Waals surface area contributed by atoms with Crippen molar-refractivity contribution in [2.24, 2.45) is 0 Å². The Hall–Kier alpha value is -2.73. The molecule has 4 N–H and O–H groups in total. The second-order valence-electron chi connectivity index (χ2n) is 4.50. The van der Waals surface area contributed by atoms with E-state index in [1.165, 1.54) is 0 Å². The summed E-state index contributed by atoms with van der Waals surface area (Å²) in [5, 5.41) is 12.7. The first-order chi connectivity index (χ1) is 10.7. The number of nitrogens with one attached hydrogen (secondary N) is 3. The number of benzene rings is 2. The Balaban J connectivity index is 1.83. The Morgan fingerprint density at radius 3 is 2.64 bits per heavy atom. The number of phenolic OH excluding ortho intramolecular Hbond substituents is 1. The number of urea groups is 1. The third kappa shape index (κ3) is 4.39. The van der Waals surface area contributed by atoms with E-state index in [4.69, 9.17) is 4.74 Å². The van der Waals surface area contributed by atoms with Gasteiger partial charge in [-0.1, -0.05) is 30.3 Å². The van der Waals surface area contributed by atoms with Crippen molar-refractivity contribution < 1.29 is 14.6 Å². The number of carbonyl (C=O) groups is 1. The van der Waals surface area contributed by atoms with Gasteiger partial charge >= 0.3 is 6.03 Å². The van der Waals surface area contributed by atoms with Gasteiger partial charge in [-0.25, -0.2) is 10.2 Å². The average Bonchev–Trinajstić information content (AvgIpc) is 2.52. The molecular formula is C16H19N3O3.